The van der Waals surface area contributed by atoms with Crippen LogP contribution in [-0.4, -0.2) is 10.2 Å². The van der Waals surface area contributed by atoms with Crippen molar-refractivity contribution in [1.29, 1.82) is 0 Å². The molecule has 0 aliphatic heterocycles. The highest BCUT2D eigenvalue weighted by Crippen LogP contribution is 2.46. The third kappa shape index (κ3) is 3.58. The molecule has 0 spiro atoms. The average molecular weight is 355 g/mol. The predicted octanol–water partition coefficient (Wildman–Crippen LogP) is 6.77. The maximum absolute atomic E-state index is 6.13. The molecule has 0 bridgehead atoms. The van der Waals surface area contributed by atoms with E-state index in [2.05, 4.69) is 69.9 Å². The number of nitrogens with zero attached hydrogens (tertiary/aromatic N) is 2. The molecule has 0 unspecified atom stereocenters. The monoisotopic (exact) mass is 354 g/mol. The van der Waals surface area contributed by atoms with Gasteiger partial charge in [-0.2, -0.15) is 0 Å². The number of hydrogen-bond donors (Lipinski definition) is 0. The molecule has 3 nitrogen and oxygen atoms in total. The third-order valence-corrected chi connectivity index (χ3v) is 6.16. The van der Waals surface area contributed by atoms with Gasteiger partial charge < -0.3 is 4.42 Å². The highest BCUT2D eigenvalue weighted by molar-refractivity contribution is 5.58. The van der Waals surface area contributed by atoms with Gasteiger partial charge in [0.05, 0.1) is 0 Å². The van der Waals surface area contributed by atoms with Gasteiger partial charge in [-0.05, 0) is 59.8 Å². The quantitative estimate of drug-likeness (QED) is 0.574. The van der Waals surface area contributed by atoms with Crippen molar-refractivity contribution in [2.45, 2.75) is 96.8 Å². The summed E-state index contributed by atoms with van der Waals surface area (Å²) in [4.78, 5) is 0. The van der Waals surface area contributed by atoms with Gasteiger partial charge in [-0.1, -0.05) is 60.5 Å². The number of fused-ring (bicyclic) bond motifs is 1. The molecule has 0 radical (unpaired) electrons. The SMILES string of the molecule is CCCC(CCC)c1nnc(-c2ccc3c(c2)C(C)(C)CCC3(C)C)o1. The molecular formula is C23H34N2O. The molecule has 1 aliphatic rings. The molecule has 0 amide bonds. The normalized spacial score (nSPS) is 18.1. The van der Waals surface area contributed by atoms with Crippen molar-refractivity contribution in [2.75, 3.05) is 0 Å². The van der Waals surface area contributed by atoms with E-state index < -0.39 is 0 Å². The summed E-state index contributed by atoms with van der Waals surface area (Å²) in [6.07, 6.45) is 6.95. The van der Waals surface area contributed by atoms with E-state index in [-0.39, 0.29) is 10.8 Å². The first kappa shape index (κ1) is 19.1. The fraction of sp³-hybridized carbons (Fsp3) is 0.652. The van der Waals surface area contributed by atoms with Gasteiger partial charge in [-0.25, -0.2) is 0 Å². The maximum atomic E-state index is 6.13. The van der Waals surface area contributed by atoms with Crippen LogP contribution in [0.4, 0.5) is 0 Å². The van der Waals surface area contributed by atoms with E-state index in [1.807, 2.05) is 0 Å². The van der Waals surface area contributed by atoms with Gasteiger partial charge in [-0.15, -0.1) is 10.2 Å². The molecule has 1 aliphatic carbocycles. The van der Waals surface area contributed by atoms with Crippen LogP contribution in [-0.2, 0) is 10.8 Å². The van der Waals surface area contributed by atoms with Gasteiger partial charge in [0.15, 0.2) is 0 Å². The van der Waals surface area contributed by atoms with E-state index in [1.54, 1.807) is 0 Å². The minimum atomic E-state index is 0.191. The van der Waals surface area contributed by atoms with Crippen LogP contribution in [0, 0.1) is 0 Å². The summed E-state index contributed by atoms with van der Waals surface area (Å²) in [6.45, 7) is 13.8. The largest absolute Gasteiger partial charge is 0.420 e. The number of hydrogen-bond acceptors (Lipinski definition) is 3. The molecule has 1 aromatic carbocycles. The molecule has 0 saturated carbocycles. The Morgan fingerprint density at radius 1 is 0.923 bits per heavy atom. The second kappa shape index (κ2) is 7.17. The van der Waals surface area contributed by atoms with E-state index in [1.165, 1.54) is 24.0 Å². The first-order valence-corrected chi connectivity index (χ1v) is 10.3. The lowest BCUT2D eigenvalue weighted by Crippen LogP contribution is -2.33. The summed E-state index contributed by atoms with van der Waals surface area (Å²) >= 11 is 0. The molecule has 0 atom stereocenters. The Labute approximate surface area is 158 Å². The zero-order valence-corrected chi connectivity index (χ0v) is 17.4. The van der Waals surface area contributed by atoms with Crippen molar-refractivity contribution in [3.8, 4) is 11.5 Å². The van der Waals surface area contributed by atoms with Crippen molar-refractivity contribution in [2.24, 2.45) is 0 Å². The molecule has 142 valence electrons. The van der Waals surface area contributed by atoms with Crippen LogP contribution in [0.25, 0.3) is 11.5 Å². The lowest BCUT2D eigenvalue weighted by molar-refractivity contribution is 0.332. The predicted molar refractivity (Wildman–Crippen MR) is 108 cm³/mol. The van der Waals surface area contributed by atoms with Crippen LogP contribution in [0.2, 0.25) is 0 Å². The third-order valence-electron chi connectivity index (χ3n) is 6.16. The number of benzene rings is 1. The van der Waals surface area contributed by atoms with Crippen LogP contribution < -0.4 is 0 Å². The summed E-state index contributed by atoms with van der Waals surface area (Å²) in [5, 5.41) is 8.78. The minimum Gasteiger partial charge on any atom is -0.420 e. The molecule has 0 N–H and O–H groups in total. The zero-order valence-electron chi connectivity index (χ0n) is 17.4. The Balaban J connectivity index is 1.96. The van der Waals surface area contributed by atoms with Crippen LogP contribution >= 0.6 is 0 Å². The van der Waals surface area contributed by atoms with Crippen LogP contribution in [0.15, 0.2) is 22.6 Å². The Morgan fingerprint density at radius 2 is 1.54 bits per heavy atom. The summed E-state index contributed by atoms with van der Waals surface area (Å²) in [7, 11) is 0. The molecule has 0 saturated heterocycles. The molecule has 1 heterocycles. The Bertz CT molecular complexity index is 751. The Kier molecular flexibility index (Phi) is 5.28. The van der Waals surface area contributed by atoms with E-state index in [0.29, 0.717) is 11.8 Å². The fourth-order valence-corrected chi connectivity index (χ4v) is 4.33. The lowest BCUT2D eigenvalue weighted by Gasteiger charge is -2.41. The van der Waals surface area contributed by atoms with Crippen molar-refractivity contribution >= 4 is 0 Å². The Hall–Kier alpha value is -1.64. The summed E-state index contributed by atoms with van der Waals surface area (Å²) in [5.41, 5.74) is 4.38. The van der Waals surface area contributed by atoms with Crippen LogP contribution in [0.1, 0.15) is 103 Å². The van der Waals surface area contributed by atoms with Crippen molar-refractivity contribution < 1.29 is 4.42 Å². The molecule has 26 heavy (non-hydrogen) atoms. The summed E-state index contributed by atoms with van der Waals surface area (Å²) in [5.74, 6) is 1.86. The minimum absolute atomic E-state index is 0.191. The van der Waals surface area contributed by atoms with E-state index >= 15 is 0 Å². The fourth-order valence-electron chi connectivity index (χ4n) is 4.33. The highest BCUT2D eigenvalue weighted by Gasteiger charge is 2.37. The van der Waals surface area contributed by atoms with Gasteiger partial charge in [0.1, 0.15) is 0 Å². The van der Waals surface area contributed by atoms with Crippen molar-refractivity contribution in [3.63, 3.8) is 0 Å². The second-order valence-corrected chi connectivity index (χ2v) is 9.25. The van der Waals surface area contributed by atoms with Crippen molar-refractivity contribution in [1.82, 2.24) is 10.2 Å². The maximum Gasteiger partial charge on any atom is 0.247 e. The molecule has 3 heteroatoms. The molecule has 0 fully saturated rings. The van der Waals surface area contributed by atoms with Crippen molar-refractivity contribution in [3.05, 3.63) is 35.2 Å². The van der Waals surface area contributed by atoms with Gasteiger partial charge in [0, 0.05) is 11.5 Å². The van der Waals surface area contributed by atoms with Gasteiger partial charge in [-0.3, -0.25) is 0 Å². The van der Waals surface area contributed by atoms with Gasteiger partial charge in [0.25, 0.3) is 0 Å². The van der Waals surface area contributed by atoms with Gasteiger partial charge >= 0.3 is 0 Å². The first-order valence-electron chi connectivity index (χ1n) is 10.3. The zero-order chi connectivity index (χ0) is 18.9. The molecule has 2 aromatic rings. The van der Waals surface area contributed by atoms with Gasteiger partial charge in [0.2, 0.25) is 11.8 Å². The number of rotatable bonds is 6. The molecule has 1 aromatic heterocycles. The second-order valence-electron chi connectivity index (χ2n) is 9.25. The summed E-state index contributed by atoms with van der Waals surface area (Å²) in [6, 6.07) is 6.74. The first-order chi connectivity index (χ1) is 12.3. The number of aromatic nitrogens is 2. The standard InChI is InChI=1S/C23H34N2O/c1-7-9-16(10-8-2)20-24-25-21(26-20)17-11-12-18-19(15-17)23(5,6)14-13-22(18,3)4/h11-12,15-16H,7-10,13-14H2,1-6H3. The van der Waals surface area contributed by atoms with E-state index in [4.69, 9.17) is 4.42 Å². The van der Waals surface area contributed by atoms with E-state index in [0.717, 1.165) is 37.1 Å². The van der Waals surface area contributed by atoms with Crippen LogP contribution in [0.5, 0.6) is 0 Å². The lowest BCUT2D eigenvalue weighted by atomic mass is 9.63. The summed E-state index contributed by atoms with van der Waals surface area (Å²) < 4.78 is 6.13. The topological polar surface area (TPSA) is 38.9 Å². The molecule has 3 rings (SSSR count). The average Bonchev–Trinajstić information content (AvgIpc) is 3.09. The smallest absolute Gasteiger partial charge is 0.247 e. The highest BCUT2D eigenvalue weighted by atomic mass is 16.4. The Morgan fingerprint density at radius 3 is 2.15 bits per heavy atom. The van der Waals surface area contributed by atoms with Crippen LogP contribution in [0.3, 0.4) is 0 Å². The molecular weight excluding hydrogens is 320 g/mol. The van der Waals surface area contributed by atoms with E-state index in [9.17, 15) is 0 Å².